The van der Waals surface area contributed by atoms with Gasteiger partial charge in [0.1, 0.15) is 5.54 Å². The van der Waals surface area contributed by atoms with Crippen molar-refractivity contribution in [2.45, 2.75) is 44.7 Å². The first kappa shape index (κ1) is 17.0. The van der Waals surface area contributed by atoms with E-state index in [1.807, 2.05) is 32.9 Å². The molecule has 5 heteroatoms. The molecule has 0 radical (unpaired) electrons. The zero-order valence-electron chi connectivity index (χ0n) is 12.9. The summed E-state index contributed by atoms with van der Waals surface area (Å²) < 4.78 is 4.91. The molecule has 4 nitrogen and oxygen atoms in total. The Kier molecular flexibility index (Phi) is 6.49. The number of nitrogens with one attached hydrogen (secondary N) is 1. The highest BCUT2D eigenvalue weighted by Gasteiger charge is 2.33. The molecule has 0 amide bonds. The number of aromatic nitrogens is 1. The Morgan fingerprint density at radius 2 is 2.15 bits per heavy atom. The van der Waals surface area contributed by atoms with Crippen molar-refractivity contribution in [2.24, 2.45) is 0 Å². The third-order valence-corrected chi connectivity index (χ3v) is 4.21. The van der Waals surface area contributed by atoms with Crippen LogP contribution < -0.4 is 5.32 Å². The molecule has 1 atom stereocenters. The van der Waals surface area contributed by atoms with Gasteiger partial charge >= 0.3 is 5.97 Å². The van der Waals surface area contributed by atoms with E-state index in [2.05, 4.69) is 17.2 Å². The molecule has 0 aliphatic heterocycles. The second-order valence-electron chi connectivity index (χ2n) is 5.16. The van der Waals surface area contributed by atoms with Gasteiger partial charge in [0.2, 0.25) is 0 Å². The third kappa shape index (κ3) is 4.80. The number of rotatable bonds is 7. The molecule has 1 rings (SSSR count). The third-order valence-electron chi connectivity index (χ3n) is 2.98. The van der Waals surface area contributed by atoms with Crippen LogP contribution in [-0.4, -0.2) is 35.9 Å². The summed E-state index contributed by atoms with van der Waals surface area (Å²) in [6.07, 6.45) is 0.971. The van der Waals surface area contributed by atoms with Crippen LogP contribution in [0.3, 0.4) is 0 Å². The van der Waals surface area contributed by atoms with Crippen molar-refractivity contribution in [3.8, 4) is 0 Å². The highest BCUT2D eigenvalue weighted by atomic mass is 32.2. The molecule has 0 bridgehead atoms. The van der Waals surface area contributed by atoms with Crippen LogP contribution in [0, 0.1) is 13.8 Å². The summed E-state index contributed by atoms with van der Waals surface area (Å²) in [7, 11) is 1.42. The van der Waals surface area contributed by atoms with Crippen molar-refractivity contribution in [3.63, 3.8) is 0 Å². The van der Waals surface area contributed by atoms with Gasteiger partial charge in [-0.3, -0.25) is 4.79 Å². The minimum atomic E-state index is -0.686. The van der Waals surface area contributed by atoms with Crippen molar-refractivity contribution >= 4 is 17.7 Å². The van der Waals surface area contributed by atoms with Gasteiger partial charge in [-0.15, -0.1) is 11.8 Å². The fraction of sp³-hybridized carbons (Fsp3) is 0.600. The van der Waals surface area contributed by atoms with Crippen molar-refractivity contribution in [1.82, 2.24) is 10.3 Å². The van der Waals surface area contributed by atoms with E-state index in [9.17, 15) is 4.79 Å². The Morgan fingerprint density at radius 3 is 2.70 bits per heavy atom. The van der Waals surface area contributed by atoms with E-state index in [1.54, 1.807) is 11.8 Å². The first-order valence-corrected chi connectivity index (χ1v) is 7.81. The smallest absolute Gasteiger partial charge is 0.326 e. The number of pyridine rings is 1. The quantitative estimate of drug-likeness (QED) is 0.619. The lowest BCUT2D eigenvalue weighted by atomic mass is 10.1. The summed E-state index contributed by atoms with van der Waals surface area (Å²) in [5, 5.41) is 4.21. The van der Waals surface area contributed by atoms with E-state index in [0.29, 0.717) is 5.75 Å². The van der Waals surface area contributed by atoms with Crippen LogP contribution in [0.5, 0.6) is 0 Å². The van der Waals surface area contributed by atoms with Crippen LogP contribution in [0.15, 0.2) is 17.2 Å². The van der Waals surface area contributed by atoms with Gasteiger partial charge in [0.05, 0.1) is 12.1 Å². The number of thioether (sulfide) groups is 1. The normalized spacial score (nSPS) is 13.8. The summed E-state index contributed by atoms with van der Waals surface area (Å²) in [4.78, 5) is 16.5. The second-order valence-corrected chi connectivity index (χ2v) is 6.16. The lowest BCUT2D eigenvalue weighted by Crippen LogP contribution is -2.52. The molecule has 0 saturated carbocycles. The number of hydrogen-bond donors (Lipinski definition) is 1. The SMILES string of the molecule is CCCNC(C)(CSc1cc(C)cc(C)n1)C(=O)OC. The molecule has 20 heavy (non-hydrogen) atoms. The molecule has 0 fully saturated rings. The van der Waals surface area contributed by atoms with Crippen LogP contribution in [0.4, 0.5) is 0 Å². The zero-order chi connectivity index (χ0) is 15.2. The van der Waals surface area contributed by atoms with Crippen LogP contribution in [-0.2, 0) is 9.53 Å². The Labute approximate surface area is 125 Å². The number of carbonyl (C=O) groups is 1. The number of aryl methyl sites for hydroxylation is 2. The van der Waals surface area contributed by atoms with Gasteiger partial charge in [-0.2, -0.15) is 0 Å². The fourth-order valence-corrected chi connectivity index (χ4v) is 3.04. The summed E-state index contributed by atoms with van der Waals surface area (Å²) in [6, 6.07) is 4.08. The molecular formula is C15H24N2O2S. The number of hydrogen-bond acceptors (Lipinski definition) is 5. The average Bonchev–Trinajstić information content (AvgIpc) is 2.41. The molecule has 112 valence electrons. The van der Waals surface area contributed by atoms with Crippen molar-refractivity contribution in [3.05, 3.63) is 23.4 Å². The highest BCUT2D eigenvalue weighted by Crippen LogP contribution is 2.23. The lowest BCUT2D eigenvalue weighted by Gasteiger charge is -2.27. The molecule has 1 unspecified atom stereocenters. The van der Waals surface area contributed by atoms with Crippen LogP contribution in [0.2, 0.25) is 0 Å². The highest BCUT2D eigenvalue weighted by molar-refractivity contribution is 7.99. The number of esters is 1. The van der Waals surface area contributed by atoms with Gasteiger partial charge in [-0.25, -0.2) is 4.98 Å². The number of ether oxygens (including phenoxy) is 1. The van der Waals surface area contributed by atoms with E-state index in [0.717, 1.165) is 23.7 Å². The van der Waals surface area contributed by atoms with Crippen LogP contribution >= 0.6 is 11.8 Å². The molecule has 0 aromatic carbocycles. The maximum Gasteiger partial charge on any atom is 0.326 e. The van der Waals surface area contributed by atoms with E-state index < -0.39 is 5.54 Å². The van der Waals surface area contributed by atoms with E-state index in [-0.39, 0.29) is 5.97 Å². The van der Waals surface area contributed by atoms with Crippen molar-refractivity contribution in [1.29, 1.82) is 0 Å². The monoisotopic (exact) mass is 296 g/mol. The van der Waals surface area contributed by atoms with E-state index in [1.165, 1.54) is 12.7 Å². The molecule has 0 aliphatic rings. The minimum Gasteiger partial charge on any atom is -0.468 e. The van der Waals surface area contributed by atoms with Gasteiger partial charge in [0.15, 0.2) is 0 Å². The Hall–Kier alpha value is -1.07. The zero-order valence-corrected chi connectivity index (χ0v) is 13.8. The largest absolute Gasteiger partial charge is 0.468 e. The predicted octanol–water partition coefficient (Wildman–Crippen LogP) is 2.72. The maximum absolute atomic E-state index is 12.0. The summed E-state index contributed by atoms with van der Waals surface area (Å²) in [6.45, 7) is 8.76. The minimum absolute atomic E-state index is 0.233. The van der Waals surface area contributed by atoms with Gasteiger partial charge < -0.3 is 10.1 Å². The molecule has 0 spiro atoms. The molecule has 1 N–H and O–H groups in total. The number of nitrogens with zero attached hydrogens (tertiary/aromatic N) is 1. The van der Waals surface area contributed by atoms with Crippen molar-refractivity contribution in [2.75, 3.05) is 19.4 Å². The number of carbonyl (C=O) groups excluding carboxylic acids is 1. The van der Waals surface area contributed by atoms with Gasteiger partial charge in [0, 0.05) is 11.4 Å². The van der Waals surface area contributed by atoms with Crippen LogP contribution in [0.25, 0.3) is 0 Å². The maximum atomic E-state index is 12.0. The fourth-order valence-electron chi connectivity index (χ4n) is 1.90. The first-order chi connectivity index (χ1) is 9.41. The van der Waals surface area contributed by atoms with E-state index in [4.69, 9.17) is 4.74 Å². The Morgan fingerprint density at radius 1 is 1.45 bits per heavy atom. The first-order valence-electron chi connectivity index (χ1n) is 6.83. The van der Waals surface area contributed by atoms with Crippen molar-refractivity contribution < 1.29 is 9.53 Å². The average molecular weight is 296 g/mol. The molecule has 0 aliphatic carbocycles. The molecule has 1 aromatic rings. The van der Waals surface area contributed by atoms with Crippen LogP contribution in [0.1, 0.15) is 31.5 Å². The van der Waals surface area contributed by atoms with Gasteiger partial charge in [0.25, 0.3) is 0 Å². The standard InChI is InChI=1S/C15H24N2O2S/c1-6-7-16-15(4,14(18)19-5)10-20-13-9-11(2)8-12(3)17-13/h8-9,16H,6-7,10H2,1-5H3. The molecular weight excluding hydrogens is 272 g/mol. The Bertz CT molecular complexity index is 445. The molecule has 1 aromatic heterocycles. The lowest BCUT2D eigenvalue weighted by molar-refractivity contribution is -0.146. The van der Waals surface area contributed by atoms with Gasteiger partial charge in [-0.1, -0.05) is 6.92 Å². The Balaban J connectivity index is 2.77. The summed E-state index contributed by atoms with van der Waals surface area (Å²) in [5.74, 6) is 0.359. The van der Waals surface area contributed by atoms with E-state index >= 15 is 0 Å². The van der Waals surface area contributed by atoms with Gasteiger partial charge in [-0.05, 0) is 51.4 Å². The summed E-state index contributed by atoms with van der Waals surface area (Å²) in [5.41, 5.74) is 1.49. The number of methoxy groups -OCH3 is 1. The predicted molar refractivity (Wildman–Crippen MR) is 83.1 cm³/mol. The summed E-state index contributed by atoms with van der Waals surface area (Å²) >= 11 is 1.58. The molecule has 0 saturated heterocycles. The second kappa shape index (κ2) is 7.64. The topological polar surface area (TPSA) is 51.2 Å². The molecule has 1 heterocycles.